The second kappa shape index (κ2) is 10.8. The van der Waals surface area contributed by atoms with Crippen LogP contribution in [0.3, 0.4) is 0 Å². The molecular weight excluding hydrogens is 370 g/mol. The van der Waals surface area contributed by atoms with E-state index in [0.29, 0.717) is 17.8 Å². The lowest BCUT2D eigenvalue weighted by atomic mass is 10.2. The van der Waals surface area contributed by atoms with E-state index in [2.05, 4.69) is 17.2 Å². The first-order valence-corrected chi connectivity index (χ1v) is 8.85. The molecule has 0 fully saturated rings. The zero-order chi connectivity index (χ0) is 19.0. The average molecular weight is 397 g/mol. The normalized spacial score (nSPS) is 17.9. The zero-order valence-corrected chi connectivity index (χ0v) is 16.2. The van der Waals surface area contributed by atoms with Gasteiger partial charge in [-0.25, -0.2) is 9.28 Å². The topological polar surface area (TPSA) is 99.0 Å². The Hall–Kier alpha value is -2.22. The fourth-order valence-corrected chi connectivity index (χ4v) is 2.92. The predicted molar refractivity (Wildman–Crippen MR) is 107 cm³/mol. The van der Waals surface area contributed by atoms with Crippen LogP contribution in [-0.2, 0) is 16.2 Å². The number of quaternary nitrogens is 1. The van der Waals surface area contributed by atoms with Gasteiger partial charge >= 0.3 is 5.97 Å². The van der Waals surface area contributed by atoms with Crippen molar-refractivity contribution in [1.29, 1.82) is 0 Å². The first kappa shape index (κ1) is 22.8. The number of benzene rings is 1. The van der Waals surface area contributed by atoms with Crippen LogP contribution in [-0.4, -0.2) is 46.0 Å². The number of unbranched alkanes of at least 4 members (excludes halogenated alkanes) is 3. The fourth-order valence-electron chi connectivity index (χ4n) is 2.92. The van der Waals surface area contributed by atoms with Gasteiger partial charge in [-0.2, -0.15) is 4.99 Å². The van der Waals surface area contributed by atoms with Crippen LogP contribution in [0.25, 0.3) is 0 Å². The van der Waals surface area contributed by atoms with Crippen LogP contribution in [0.2, 0.25) is 0 Å². The summed E-state index contributed by atoms with van der Waals surface area (Å²) in [6.07, 6.45) is 7.25. The summed E-state index contributed by atoms with van der Waals surface area (Å²) in [5.74, 6) is -1.32. The number of rotatable bonds is 10. The van der Waals surface area contributed by atoms with Gasteiger partial charge in [0.2, 0.25) is 0 Å². The lowest BCUT2D eigenvalue weighted by Gasteiger charge is -2.25. The van der Waals surface area contributed by atoms with Gasteiger partial charge in [0.25, 0.3) is 5.91 Å². The molecular formula is C19H27ClN3O4+. The summed E-state index contributed by atoms with van der Waals surface area (Å²) in [6.45, 7) is 2.48. The molecule has 1 aliphatic heterocycles. The predicted octanol–water partition coefficient (Wildman–Crippen LogP) is 2.90. The Bertz CT molecular complexity index is 721. The summed E-state index contributed by atoms with van der Waals surface area (Å²) in [7, 11) is 0. The number of nitrogens with one attached hydrogen (secondary N) is 1. The lowest BCUT2D eigenvalue weighted by Crippen LogP contribution is -2.44. The van der Waals surface area contributed by atoms with Crippen LogP contribution in [0.1, 0.15) is 38.2 Å². The molecule has 1 heterocycles. The van der Waals surface area contributed by atoms with Crippen molar-refractivity contribution in [2.45, 2.75) is 39.2 Å². The maximum absolute atomic E-state index is 12.5. The highest BCUT2D eigenvalue weighted by Crippen LogP contribution is 2.21. The van der Waals surface area contributed by atoms with Gasteiger partial charge in [-0.1, -0.05) is 31.9 Å². The number of carboxylic acid groups (broad SMARTS) is 1. The van der Waals surface area contributed by atoms with Gasteiger partial charge < -0.3 is 15.5 Å². The number of nitrogens with zero attached hydrogens (tertiary/aromatic N) is 2. The largest absolute Gasteiger partial charge is 0.477 e. The number of amides is 1. The molecule has 0 saturated carbocycles. The maximum Gasteiger partial charge on any atom is 0.360 e. The highest BCUT2D eigenvalue weighted by molar-refractivity contribution is 6.04. The van der Waals surface area contributed by atoms with E-state index < -0.39 is 11.9 Å². The average Bonchev–Trinajstić information content (AvgIpc) is 3.02. The van der Waals surface area contributed by atoms with Crippen molar-refractivity contribution >= 4 is 36.3 Å². The lowest BCUT2D eigenvalue weighted by molar-refractivity contribution is -0.771. The zero-order valence-electron chi connectivity index (χ0n) is 15.4. The van der Waals surface area contributed by atoms with Gasteiger partial charge in [-0.3, -0.25) is 4.79 Å². The standard InChI is InChI=1S/C19H25N3O4.ClH/c1-2-3-4-5-9-22(12-18(24)25)11-17(20-14-22)19(26)21-16-8-6-7-15(10-16)13-23;/h6-8,10-11,14,23H,2-5,9,12-13H2,1H3,(H-,21,24,25,26);1H/p+1. The minimum atomic E-state index is -0.930. The molecule has 0 aliphatic carbocycles. The molecule has 1 unspecified atom stereocenters. The van der Waals surface area contributed by atoms with E-state index in [4.69, 9.17) is 0 Å². The third-order valence-corrected chi connectivity index (χ3v) is 4.26. The van der Waals surface area contributed by atoms with E-state index in [1.165, 1.54) is 0 Å². The molecule has 1 aromatic carbocycles. The molecule has 8 heteroatoms. The molecule has 1 atom stereocenters. The molecule has 3 N–H and O–H groups in total. The van der Waals surface area contributed by atoms with E-state index >= 15 is 0 Å². The minimum Gasteiger partial charge on any atom is -0.477 e. The number of halogens is 1. The summed E-state index contributed by atoms with van der Waals surface area (Å²) >= 11 is 0. The van der Waals surface area contributed by atoms with Crippen LogP contribution in [0.5, 0.6) is 0 Å². The van der Waals surface area contributed by atoms with Gasteiger partial charge in [-0.05, 0) is 30.5 Å². The second-order valence-electron chi connectivity index (χ2n) is 6.51. The summed E-state index contributed by atoms with van der Waals surface area (Å²) < 4.78 is 0.0540. The van der Waals surface area contributed by atoms with Gasteiger partial charge in [-0.15, -0.1) is 12.4 Å². The Morgan fingerprint density at radius 3 is 2.67 bits per heavy atom. The number of aliphatic hydroxyl groups excluding tert-OH is 1. The number of aliphatic hydroxyl groups is 1. The number of carbonyl (C=O) groups is 2. The molecule has 1 amide bonds. The van der Waals surface area contributed by atoms with Crippen molar-refractivity contribution in [3.63, 3.8) is 0 Å². The van der Waals surface area contributed by atoms with Crippen LogP contribution >= 0.6 is 12.4 Å². The molecule has 2 rings (SSSR count). The smallest absolute Gasteiger partial charge is 0.360 e. The van der Waals surface area contributed by atoms with Crippen molar-refractivity contribution in [3.8, 4) is 0 Å². The number of hydrogen-bond acceptors (Lipinski definition) is 4. The molecule has 7 nitrogen and oxygen atoms in total. The Labute approximate surface area is 165 Å². The van der Waals surface area contributed by atoms with Crippen LogP contribution < -0.4 is 5.32 Å². The molecule has 0 spiro atoms. The fraction of sp³-hybridized carbons (Fsp3) is 0.421. The van der Waals surface area contributed by atoms with Crippen molar-refractivity contribution in [2.75, 3.05) is 18.4 Å². The number of aliphatic imine (C=N–C) groups is 1. The monoisotopic (exact) mass is 396 g/mol. The third-order valence-electron chi connectivity index (χ3n) is 4.26. The van der Waals surface area contributed by atoms with E-state index in [1.807, 2.05) is 0 Å². The minimum absolute atomic E-state index is 0. The molecule has 0 aromatic heterocycles. The van der Waals surface area contributed by atoms with Crippen molar-refractivity contribution in [3.05, 3.63) is 41.7 Å². The van der Waals surface area contributed by atoms with Crippen LogP contribution in [0.15, 0.2) is 41.2 Å². The SMILES string of the molecule is CCCCCC[N+]1(CC(=O)O)C=NC(C(=O)Nc2cccc(CO)c2)=C1.Cl. The van der Waals surface area contributed by atoms with Crippen LogP contribution in [0, 0.1) is 0 Å². The number of hydrogen-bond donors (Lipinski definition) is 3. The molecule has 1 aromatic rings. The first-order chi connectivity index (χ1) is 12.5. The Morgan fingerprint density at radius 1 is 1.22 bits per heavy atom. The third kappa shape index (κ3) is 6.78. The Kier molecular flexibility index (Phi) is 9.14. The van der Waals surface area contributed by atoms with Gasteiger partial charge in [0.1, 0.15) is 6.20 Å². The summed E-state index contributed by atoms with van der Waals surface area (Å²) in [6, 6.07) is 6.90. The number of aliphatic carboxylic acids is 1. The number of carbonyl (C=O) groups excluding carboxylic acids is 1. The summed E-state index contributed by atoms with van der Waals surface area (Å²) in [5.41, 5.74) is 1.46. The van der Waals surface area contributed by atoms with Crippen molar-refractivity contribution < 1.29 is 24.3 Å². The van der Waals surface area contributed by atoms with Crippen LogP contribution in [0.4, 0.5) is 5.69 Å². The second-order valence-corrected chi connectivity index (χ2v) is 6.51. The van der Waals surface area contributed by atoms with E-state index in [1.54, 1.807) is 36.8 Å². The Morgan fingerprint density at radius 2 is 2.00 bits per heavy atom. The van der Waals surface area contributed by atoms with Crippen molar-refractivity contribution in [1.82, 2.24) is 0 Å². The molecule has 0 bridgehead atoms. The van der Waals surface area contributed by atoms with Gasteiger partial charge in [0.15, 0.2) is 18.6 Å². The number of carboxylic acids is 1. The summed E-state index contributed by atoms with van der Waals surface area (Å²) in [4.78, 5) is 27.9. The van der Waals surface area contributed by atoms with E-state index in [0.717, 1.165) is 25.7 Å². The van der Waals surface area contributed by atoms with Gasteiger partial charge in [0.05, 0.1) is 13.2 Å². The number of anilines is 1. The highest BCUT2D eigenvalue weighted by atomic mass is 35.5. The molecule has 0 radical (unpaired) electrons. The molecule has 27 heavy (non-hydrogen) atoms. The summed E-state index contributed by atoms with van der Waals surface area (Å²) in [5, 5.41) is 21.1. The quantitative estimate of drug-likeness (QED) is 0.418. The van der Waals surface area contributed by atoms with E-state index in [9.17, 15) is 19.8 Å². The maximum atomic E-state index is 12.5. The highest BCUT2D eigenvalue weighted by Gasteiger charge is 2.34. The van der Waals surface area contributed by atoms with Gasteiger partial charge in [0, 0.05) is 5.69 Å². The van der Waals surface area contributed by atoms with E-state index in [-0.39, 0.29) is 35.7 Å². The molecule has 0 saturated heterocycles. The molecule has 1 aliphatic rings. The van der Waals surface area contributed by atoms with Crippen molar-refractivity contribution in [2.24, 2.45) is 4.99 Å². The Balaban J connectivity index is 0.00000364. The molecule has 148 valence electrons. The first-order valence-electron chi connectivity index (χ1n) is 8.85.